The highest BCUT2D eigenvalue weighted by Crippen LogP contribution is 2.21. The molecule has 0 spiro atoms. The maximum Gasteiger partial charge on any atom is 0.240 e. The lowest BCUT2D eigenvalue weighted by atomic mass is 10.2. The minimum absolute atomic E-state index is 0.268. The van der Waals surface area contributed by atoms with Crippen LogP contribution in [0.2, 0.25) is 0 Å². The number of unbranched alkanes of at least 4 members (excludes halogenated alkanes) is 1. The lowest BCUT2D eigenvalue weighted by molar-refractivity contribution is -0.119. The number of hydrogen-bond acceptors (Lipinski definition) is 4. The van der Waals surface area contributed by atoms with Crippen molar-refractivity contribution in [1.82, 2.24) is 5.32 Å². The number of nitrogens with one attached hydrogen (secondary N) is 1. The van der Waals surface area contributed by atoms with E-state index in [0.29, 0.717) is 37.4 Å². The Labute approximate surface area is 165 Å². The molecule has 0 aliphatic heterocycles. The Bertz CT molecular complexity index is 885. The normalized spacial score (nSPS) is 11.1. The first-order chi connectivity index (χ1) is 13.3. The first-order valence-corrected chi connectivity index (χ1v) is 10.8. The second-order valence-electron chi connectivity index (χ2n) is 6.42. The van der Waals surface area contributed by atoms with Gasteiger partial charge in [0.2, 0.25) is 15.9 Å². The van der Waals surface area contributed by atoms with Gasteiger partial charge >= 0.3 is 0 Å². The topological polar surface area (TPSA) is 75.7 Å². The van der Waals surface area contributed by atoms with E-state index in [1.807, 2.05) is 6.07 Å². The van der Waals surface area contributed by atoms with Crippen LogP contribution < -0.4 is 14.4 Å². The molecule has 0 aromatic heterocycles. The summed E-state index contributed by atoms with van der Waals surface area (Å²) < 4.78 is 43.6. The van der Waals surface area contributed by atoms with Crippen molar-refractivity contribution in [3.05, 3.63) is 59.9 Å². The molecule has 0 saturated carbocycles. The first-order valence-electron chi connectivity index (χ1n) is 8.96. The van der Waals surface area contributed by atoms with Crippen molar-refractivity contribution in [2.24, 2.45) is 0 Å². The zero-order chi connectivity index (χ0) is 20.6. The molecule has 0 atom stereocenters. The van der Waals surface area contributed by atoms with Crippen LogP contribution in [0.15, 0.2) is 48.5 Å². The summed E-state index contributed by atoms with van der Waals surface area (Å²) in [6.07, 6.45) is 2.46. The number of carbonyl (C=O) groups excluding carboxylic acids is 1. The number of benzene rings is 2. The van der Waals surface area contributed by atoms with E-state index in [1.54, 1.807) is 37.3 Å². The fourth-order valence-corrected chi connectivity index (χ4v) is 3.50. The Morgan fingerprint density at radius 3 is 2.43 bits per heavy atom. The molecular weight excluding hydrogens is 383 g/mol. The Balaban J connectivity index is 1.76. The minimum Gasteiger partial charge on any atom is -0.494 e. The molecule has 0 saturated heterocycles. The van der Waals surface area contributed by atoms with Gasteiger partial charge in [-0.3, -0.25) is 9.10 Å². The summed E-state index contributed by atoms with van der Waals surface area (Å²) in [7, 11) is -3.58. The maximum atomic E-state index is 12.8. The third-order valence-electron chi connectivity index (χ3n) is 4.05. The molecule has 1 N–H and O–H groups in total. The van der Waals surface area contributed by atoms with Gasteiger partial charge in [0.05, 0.1) is 18.6 Å². The zero-order valence-corrected chi connectivity index (χ0v) is 16.8. The van der Waals surface area contributed by atoms with Crippen LogP contribution >= 0.6 is 0 Å². The van der Waals surface area contributed by atoms with Crippen molar-refractivity contribution < 1.29 is 22.3 Å². The number of rotatable bonds is 10. The van der Waals surface area contributed by atoms with E-state index in [1.165, 1.54) is 12.1 Å². The summed E-state index contributed by atoms with van der Waals surface area (Å²) in [6.45, 7) is 2.39. The van der Waals surface area contributed by atoms with Gasteiger partial charge < -0.3 is 10.1 Å². The number of halogens is 1. The van der Waals surface area contributed by atoms with Crippen molar-refractivity contribution in [2.45, 2.75) is 19.8 Å². The molecule has 0 fully saturated rings. The summed E-state index contributed by atoms with van der Waals surface area (Å²) in [5, 5.41) is 2.73. The molecule has 0 unspecified atom stereocenters. The lowest BCUT2D eigenvalue weighted by Crippen LogP contribution is -2.41. The van der Waals surface area contributed by atoms with E-state index in [2.05, 4.69) is 5.32 Å². The summed E-state index contributed by atoms with van der Waals surface area (Å²) in [4.78, 5) is 12.2. The summed E-state index contributed by atoms with van der Waals surface area (Å²) in [5.41, 5.74) is 1.27. The highest BCUT2D eigenvalue weighted by atomic mass is 32.2. The second-order valence-corrected chi connectivity index (χ2v) is 8.32. The van der Waals surface area contributed by atoms with Crippen LogP contribution in [0.1, 0.15) is 18.4 Å². The van der Waals surface area contributed by atoms with Crippen LogP contribution in [0.5, 0.6) is 5.75 Å². The fraction of sp³-hybridized carbons (Fsp3) is 0.350. The largest absolute Gasteiger partial charge is 0.494 e. The van der Waals surface area contributed by atoms with Crippen LogP contribution in [0, 0.1) is 12.7 Å². The van der Waals surface area contributed by atoms with Crippen LogP contribution in [0.3, 0.4) is 0 Å². The number of para-hydroxylation sites is 1. The van der Waals surface area contributed by atoms with Crippen LogP contribution in [-0.2, 0) is 14.8 Å². The molecule has 2 aromatic carbocycles. The molecule has 28 heavy (non-hydrogen) atoms. The zero-order valence-electron chi connectivity index (χ0n) is 16.0. The smallest absolute Gasteiger partial charge is 0.240 e. The van der Waals surface area contributed by atoms with Crippen LogP contribution in [0.25, 0.3) is 0 Å². The number of carbonyl (C=O) groups is 1. The Kier molecular flexibility index (Phi) is 7.80. The second kappa shape index (κ2) is 10.1. The van der Waals surface area contributed by atoms with Crippen LogP contribution in [-0.4, -0.2) is 40.3 Å². The molecule has 152 valence electrons. The Morgan fingerprint density at radius 2 is 1.79 bits per heavy atom. The molecule has 0 aliphatic rings. The Morgan fingerprint density at radius 1 is 1.11 bits per heavy atom. The predicted molar refractivity (Wildman–Crippen MR) is 108 cm³/mol. The van der Waals surface area contributed by atoms with Gasteiger partial charge in [-0.15, -0.1) is 0 Å². The minimum atomic E-state index is -3.58. The summed E-state index contributed by atoms with van der Waals surface area (Å²) >= 11 is 0. The highest BCUT2D eigenvalue weighted by molar-refractivity contribution is 7.92. The first kappa shape index (κ1) is 21.7. The monoisotopic (exact) mass is 408 g/mol. The molecule has 1 amide bonds. The van der Waals surface area contributed by atoms with Crippen molar-refractivity contribution in [3.8, 4) is 5.75 Å². The molecule has 2 aromatic rings. The van der Waals surface area contributed by atoms with E-state index < -0.39 is 10.0 Å². The van der Waals surface area contributed by atoms with Crippen molar-refractivity contribution >= 4 is 21.6 Å². The van der Waals surface area contributed by atoms with Crippen molar-refractivity contribution in [1.29, 1.82) is 0 Å². The molecule has 8 heteroatoms. The van der Waals surface area contributed by atoms with Gasteiger partial charge in [0.15, 0.2) is 0 Å². The molecule has 2 rings (SSSR count). The van der Waals surface area contributed by atoms with Gasteiger partial charge in [-0.25, -0.2) is 12.8 Å². The molecular formula is C20H25FN2O4S. The van der Waals surface area contributed by atoms with Gasteiger partial charge in [-0.1, -0.05) is 18.2 Å². The molecule has 6 nitrogen and oxygen atoms in total. The quantitative estimate of drug-likeness (QED) is 0.614. The maximum absolute atomic E-state index is 12.8. The fourth-order valence-electron chi connectivity index (χ4n) is 2.59. The summed E-state index contributed by atoms with van der Waals surface area (Å²) in [6, 6.07) is 12.8. The molecule has 0 bridgehead atoms. The average molecular weight is 408 g/mol. The SMILES string of the molecule is Cc1ccccc1N(CC(=O)NCCCCOc1ccc(F)cc1)S(C)(=O)=O. The summed E-state index contributed by atoms with van der Waals surface area (Å²) in [5.74, 6) is -0.0931. The van der Waals surface area contributed by atoms with E-state index in [-0.39, 0.29) is 18.3 Å². The standard InChI is InChI=1S/C20H25FN2O4S/c1-16-7-3-4-8-19(16)23(28(2,25)26)15-20(24)22-13-5-6-14-27-18-11-9-17(21)10-12-18/h3-4,7-12H,5-6,13-15H2,1-2H3,(H,22,24). The van der Waals surface area contributed by atoms with Gasteiger partial charge in [0, 0.05) is 6.54 Å². The molecule has 0 radical (unpaired) electrons. The number of nitrogens with zero attached hydrogens (tertiary/aromatic N) is 1. The number of ether oxygens (including phenoxy) is 1. The third-order valence-corrected chi connectivity index (χ3v) is 5.17. The van der Waals surface area contributed by atoms with Crippen LogP contribution in [0.4, 0.5) is 10.1 Å². The van der Waals surface area contributed by atoms with Crippen molar-refractivity contribution in [2.75, 3.05) is 30.3 Å². The molecule has 0 aliphatic carbocycles. The van der Waals surface area contributed by atoms with E-state index in [0.717, 1.165) is 16.1 Å². The number of amides is 1. The average Bonchev–Trinajstić information content (AvgIpc) is 2.64. The number of hydrogen-bond donors (Lipinski definition) is 1. The van der Waals surface area contributed by atoms with Gasteiger partial charge in [-0.2, -0.15) is 0 Å². The van der Waals surface area contributed by atoms with E-state index in [9.17, 15) is 17.6 Å². The predicted octanol–water partition coefficient (Wildman–Crippen LogP) is 2.88. The van der Waals surface area contributed by atoms with Gasteiger partial charge in [0.25, 0.3) is 0 Å². The Hall–Kier alpha value is -2.61. The number of anilines is 1. The lowest BCUT2D eigenvalue weighted by Gasteiger charge is -2.23. The van der Waals surface area contributed by atoms with Gasteiger partial charge in [0.1, 0.15) is 18.1 Å². The van der Waals surface area contributed by atoms with Gasteiger partial charge in [-0.05, 0) is 55.7 Å². The number of aryl methyl sites for hydroxylation is 1. The molecule has 0 heterocycles. The van der Waals surface area contributed by atoms with E-state index in [4.69, 9.17) is 4.74 Å². The number of sulfonamides is 1. The highest BCUT2D eigenvalue weighted by Gasteiger charge is 2.21. The van der Waals surface area contributed by atoms with Crippen molar-refractivity contribution in [3.63, 3.8) is 0 Å². The third kappa shape index (κ3) is 6.84. The van der Waals surface area contributed by atoms with E-state index >= 15 is 0 Å².